The van der Waals surface area contributed by atoms with Gasteiger partial charge >= 0.3 is 5.97 Å². The van der Waals surface area contributed by atoms with Crippen LogP contribution in [0.15, 0.2) is 102 Å². The smallest absolute Gasteiger partial charge is 0.338 e. The summed E-state index contributed by atoms with van der Waals surface area (Å²) < 4.78 is 5.61. The second-order valence-electron chi connectivity index (χ2n) is 9.29. The van der Waals surface area contributed by atoms with Crippen LogP contribution in [0.4, 0.5) is 5.69 Å². The Morgan fingerprint density at radius 3 is 2.38 bits per heavy atom. The largest absolute Gasteiger partial charge is 0.457 e. The molecule has 2 amide bonds. The highest BCUT2D eigenvalue weighted by Gasteiger charge is 2.37. The number of ether oxygens (including phenoxy) is 1. The first-order chi connectivity index (χ1) is 19.1. The van der Waals surface area contributed by atoms with Gasteiger partial charge in [0.1, 0.15) is 6.61 Å². The van der Waals surface area contributed by atoms with E-state index in [9.17, 15) is 14.4 Å². The lowest BCUT2D eigenvalue weighted by atomic mass is 9.95. The van der Waals surface area contributed by atoms with Crippen LogP contribution in [-0.4, -0.2) is 41.2 Å². The lowest BCUT2D eigenvalue weighted by Gasteiger charge is -2.21. The minimum atomic E-state index is -1.11. The normalized spacial score (nSPS) is 15.7. The van der Waals surface area contributed by atoms with Crippen molar-refractivity contribution in [2.24, 2.45) is 4.99 Å². The number of amides is 2. The van der Waals surface area contributed by atoms with Crippen molar-refractivity contribution < 1.29 is 19.1 Å². The highest BCUT2D eigenvalue weighted by Crippen LogP contribution is 2.37. The number of aromatic nitrogens is 1. The van der Waals surface area contributed by atoms with Gasteiger partial charge in [-0.1, -0.05) is 54.6 Å². The maximum Gasteiger partial charge on any atom is 0.338 e. The van der Waals surface area contributed by atoms with Gasteiger partial charge in [-0.25, -0.2) is 9.79 Å². The Morgan fingerprint density at radius 2 is 1.64 bits per heavy atom. The van der Waals surface area contributed by atoms with Gasteiger partial charge in [0.25, 0.3) is 11.8 Å². The van der Waals surface area contributed by atoms with Crippen LogP contribution in [0, 0.1) is 0 Å². The molecule has 1 aromatic heterocycles. The van der Waals surface area contributed by atoms with Crippen molar-refractivity contribution in [2.45, 2.75) is 19.2 Å². The second-order valence-corrected chi connectivity index (χ2v) is 9.29. The number of nitrogens with zero attached hydrogens (tertiary/aromatic N) is 3. The Hall–Kier alpha value is -5.11. The molecule has 1 N–H and O–H groups in total. The van der Waals surface area contributed by atoms with Crippen molar-refractivity contribution in [1.29, 1.82) is 0 Å². The van der Waals surface area contributed by atoms with Crippen LogP contribution in [-0.2, 0) is 22.6 Å². The fourth-order valence-corrected chi connectivity index (χ4v) is 4.94. The summed E-state index contributed by atoms with van der Waals surface area (Å²) in [7, 11) is 0. The van der Waals surface area contributed by atoms with Gasteiger partial charge in [-0.2, -0.15) is 0 Å². The van der Waals surface area contributed by atoms with Crippen molar-refractivity contribution in [1.82, 2.24) is 10.3 Å². The number of esters is 1. The zero-order valence-corrected chi connectivity index (χ0v) is 20.9. The third kappa shape index (κ3) is 4.80. The number of aliphatic imine (C=N–C) groups is 1. The molecule has 2 aliphatic heterocycles. The van der Waals surface area contributed by atoms with Crippen LogP contribution in [0.3, 0.4) is 0 Å². The fourth-order valence-electron chi connectivity index (χ4n) is 4.94. The number of carbonyl (C=O) groups excluding carboxylic acids is 3. The van der Waals surface area contributed by atoms with E-state index in [0.717, 1.165) is 27.9 Å². The first-order valence-electron chi connectivity index (χ1n) is 12.6. The summed E-state index contributed by atoms with van der Waals surface area (Å²) in [6.45, 7) is 0.542. The maximum absolute atomic E-state index is 13.7. The molecular formula is C31H24N4O4. The van der Waals surface area contributed by atoms with Gasteiger partial charge in [0.2, 0.25) is 6.17 Å². The van der Waals surface area contributed by atoms with Crippen molar-refractivity contribution in [3.63, 3.8) is 0 Å². The van der Waals surface area contributed by atoms with E-state index in [2.05, 4.69) is 10.3 Å². The molecule has 0 saturated carbocycles. The molecule has 3 heterocycles. The predicted molar refractivity (Wildman–Crippen MR) is 146 cm³/mol. The number of anilines is 1. The van der Waals surface area contributed by atoms with E-state index in [-0.39, 0.29) is 12.5 Å². The summed E-state index contributed by atoms with van der Waals surface area (Å²) in [5, 5.41) is 2.81. The maximum atomic E-state index is 13.7. The molecule has 0 bridgehead atoms. The summed E-state index contributed by atoms with van der Waals surface area (Å²) in [6.07, 6.45) is 2.58. The number of carbonyl (C=O) groups is 3. The summed E-state index contributed by atoms with van der Waals surface area (Å²) in [6, 6.07) is 25.5. The number of pyridine rings is 1. The van der Waals surface area contributed by atoms with E-state index >= 15 is 0 Å². The summed E-state index contributed by atoms with van der Waals surface area (Å²) in [5.74, 6) is -1.12. The van der Waals surface area contributed by atoms with Gasteiger partial charge in [-0.05, 0) is 47.9 Å². The SMILES string of the molecule is O=C(NC1N=C(c2ccccc2)c2cc(COC(=O)c3ccccc3)cc3c2N(CC3)C1=O)c1ccncc1. The van der Waals surface area contributed by atoms with Gasteiger partial charge < -0.3 is 15.0 Å². The molecule has 192 valence electrons. The van der Waals surface area contributed by atoms with Crippen molar-refractivity contribution in [2.75, 3.05) is 11.4 Å². The summed E-state index contributed by atoms with van der Waals surface area (Å²) >= 11 is 0. The molecule has 6 rings (SSSR count). The number of rotatable bonds is 6. The number of hydrogen-bond donors (Lipinski definition) is 1. The third-order valence-corrected chi connectivity index (χ3v) is 6.77. The van der Waals surface area contributed by atoms with E-state index in [1.54, 1.807) is 41.3 Å². The molecule has 0 radical (unpaired) electrons. The number of nitrogens with one attached hydrogen (secondary N) is 1. The van der Waals surface area contributed by atoms with E-state index < -0.39 is 18.0 Å². The molecular weight excluding hydrogens is 492 g/mol. The third-order valence-electron chi connectivity index (χ3n) is 6.77. The van der Waals surface area contributed by atoms with Crippen molar-refractivity contribution in [3.05, 3.63) is 131 Å². The van der Waals surface area contributed by atoms with Crippen LogP contribution in [0.5, 0.6) is 0 Å². The molecule has 0 spiro atoms. The molecule has 8 nitrogen and oxygen atoms in total. The molecule has 1 atom stereocenters. The van der Waals surface area contributed by atoms with Crippen molar-refractivity contribution >= 4 is 29.2 Å². The Balaban J connectivity index is 1.38. The summed E-state index contributed by atoms with van der Waals surface area (Å²) in [4.78, 5) is 49.7. The molecule has 2 aliphatic rings. The molecule has 4 aromatic rings. The highest BCUT2D eigenvalue weighted by molar-refractivity contribution is 6.21. The van der Waals surface area contributed by atoms with Gasteiger partial charge in [0.05, 0.1) is 17.0 Å². The standard InChI is InChI=1S/C31H24N4O4/c36-29(22-11-14-32-15-12-22)34-28-30(37)35-16-13-24-17-20(19-39-31(38)23-9-5-2-6-10-23)18-25(27(24)35)26(33-28)21-7-3-1-4-8-21/h1-12,14-15,17-18,28H,13,16,19H2,(H,34,36). The Morgan fingerprint density at radius 1 is 0.923 bits per heavy atom. The molecule has 3 aromatic carbocycles. The Labute approximate surface area is 225 Å². The Bertz CT molecular complexity index is 1590. The van der Waals surface area contributed by atoms with Crippen LogP contribution >= 0.6 is 0 Å². The zero-order valence-electron chi connectivity index (χ0n) is 20.9. The van der Waals surface area contributed by atoms with Gasteiger partial charge in [-0.15, -0.1) is 0 Å². The van der Waals surface area contributed by atoms with E-state index in [4.69, 9.17) is 9.73 Å². The van der Waals surface area contributed by atoms with Crippen LogP contribution < -0.4 is 10.2 Å². The highest BCUT2D eigenvalue weighted by atomic mass is 16.5. The minimum absolute atomic E-state index is 0.0756. The predicted octanol–water partition coefficient (Wildman–Crippen LogP) is 3.93. The molecule has 1 unspecified atom stereocenters. The topological polar surface area (TPSA) is 101 Å². The number of benzene rings is 3. The fraction of sp³-hybridized carbons (Fsp3) is 0.129. The first kappa shape index (κ1) is 24.2. The van der Waals surface area contributed by atoms with E-state index in [0.29, 0.717) is 29.8 Å². The van der Waals surface area contributed by atoms with Gasteiger partial charge in [0, 0.05) is 35.6 Å². The van der Waals surface area contributed by atoms with Crippen molar-refractivity contribution in [3.8, 4) is 0 Å². The molecule has 39 heavy (non-hydrogen) atoms. The average Bonchev–Trinajstić information content (AvgIpc) is 3.38. The quantitative estimate of drug-likeness (QED) is 0.392. The minimum Gasteiger partial charge on any atom is -0.457 e. The Kier molecular flexibility index (Phi) is 6.42. The lowest BCUT2D eigenvalue weighted by Crippen LogP contribution is -2.46. The van der Waals surface area contributed by atoms with Crippen LogP contribution in [0.1, 0.15) is 43.0 Å². The van der Waals surface area contributed by atoms with Crippen LogP contribution in [0.25, 0.3) is 0 Å². The molecule has 0 aliphatic carbocycles. The molecule has 8 heteroatoms. The average molecular weight is 517 g/mol. The van der Waals surface area contributed by atoms with Gasteiger partial charge in [0.15, 0.2) is 0 Å². The second kappa shape index (κ2) is 10.3. The lowest BCUT2D eigenvalue weighted by molar-refractivity contribution is -0.120. The summed E-state index contributed by atoms with van der Waals surface area (Å²) in [5.41, 5.74) is 5.57. The van der Waals surface area contributed by atoms with E-state index in [1.807, 2.05) is 48.5 Å². The number of hydrogen-bond acceptors (Lipinski definition) is 6. The monoisotopic (exact) mass is 516 g/mol. The zero-order chi connectivity index (χ0) is 26.8. The molecule has 0 saturated heterocycles. The first-order valence-corrected chi connectivity index (χ1v) is 12.6. The van der Waals surface area contributed by atoms with Crippen LogP contribution in [0.2, 0.25) is 0 Å². The van der Waals surface area contributed by atoms with Gasteiger partial charge in [-0.3, -0.25) is 14.6 Å². The van der Waals surface area contributed by atoms with E-state index in [1.165, 1.54) is 12.4 Å². The molecule has 0 fully saturated rings.